The van der Waals surface area contributed by atoms with Gasteiger partial charge in [0.2, 0.25) is 0 Å². The Morgan fingerprint density at radius 2 is 0.861 bits per heavy atom. The van der Waals surface area contributed by atoms with E-state index < -0.39 is 8.80 Å². The summed E-state index contributed by atoms with van der Waals surface area (Å²) in [4.78, 5) is 0. The molecule has 0 aromatic heterocycles. The maximum Gasteiger partial charge on any atom is 0.504 e. The van der Waals surface area contributed by atoms with E-state index in [1.54, 1.807) is 12.8 Å². The van der Waals surface area contributed by atoms with Gasteiger partial charge in [-0.2, -0.15) is 0 Å². The highest BCUT2D eigenvalue weighted by molar-refractivity contribution is 6.62. The smallest absolute Gasteiger partial charge is 0.374 e. The second kappa shape index (κ2) is 16.9. The van der Waals surface area contributed by atoms with E-state index in [1.807, 2.05) is 0 Å². The van der Waals surface area contributed by atoms with Gasteiger partial charge in [-0.3, -0.25) is 0 Å². The molecule has 0 saturated heterocycles. The van der Waals surface area contributed by atoms with Crippen molar-refractivity contribution in [1.29, 1.82) is 0 Å². The zero-order valence-corrected chi connectivity index (χ0v) is 25.7. The van der Waals surface area contributed by atoms with Crippen LogP contribution in [0.3, 0.4) is 0 Å². The van der Waals surface area contributed by atoms with Crippen molar-refractivity contribution in [3.8, 4) is 0 Å². The topological polar surface area (TPSA) is 27.7 Å². The Labute approximate surface area is 226 Å². The van der Waals surface area contributed by atoms with Crippen LogP contribution in [-0.2, 0) is 13.3 Å². The molecule has 0 radical (unpaired) electrons. The first-order valence-electron chi connectivity index (χ1n) is 16.6. The molecule has 3 saturated carbocycles. The molecule has 36 heavy (non-hydrogen) atoms. The highest BCUT2D eigenvalue weighted by Crippen LogP contribution is 2.49. The van der Waals surface area contributed by atoms with Crippen molar-refractivity contribution >= 4 is 8.80 Å². The van der Waals surface area contributed by atoms with Gasteiger partial charge in [0.25, 0.3) is 0 Å². The molecule has 0 atom stereocenters. The predicted octanol–water partition coefficient (Wildman–Crippen LogP) is 9.96. The Kier molecular flexibility index (Phi) is 14.4. The van der Waals surface area contributed by atoms with Gasteiger partial charge in [-0.15, -0.1) is 0 Å². The quantitative estimate of drug-likeness (QED) is 0.149. The lowest BCUT2D eigenvalue weighted by molar-refractivity contribution is 0.0489. The third-order valence-electron chi connectivity index (χ3n) is 10.3. The molecule has 0 heterocycles. The monoisotopic (exact) mass is 522 g/mol. The molecule has 0 unspecified atom stereocenters. The minimum atomic E-state index is -2.53. The first-order valence-corrected chi connectivity index (χ1v) is 18.4. The summed E-state index contributed by atoms with van der Waals surface area (Å²) in [5.74, 6) is 5.07. The van der Waals surface area contributed by atoms with E-state index in [4.69, 9.17) is 13.3 Å². The Morgan fingerprint density at radius 3 is 1.31 bits per heavy atom. The van der Waals surface area contributed by atoms with Gasteiger partial charge in [-0.05, 0) is 115 Å². The van der Waals surface area contributed by atoms with Crippen molar-refractivity contribution in [2.75, 3.05) is 19.8 Å². The van der Waals surface area contributed by atoms with Gasteiger partial charge in [0, 0.05) is 25.4 Å². The summed E-state index contributed by atoms with van der Waals surface area (Å²) in [5.41, 5.74) is 0.511. The lowest BCUT2D eigenvalue weighted by Gasteiger charge is -2.43. The number of hydrogen-bond donors (Lipinski definition) is 0. The van der Waals surface area contributed by atoms with Crippen molar-refractivity contribution in [3.05, 3.63) is 0 Å². The van der Waals surface area contributed by atoms with E-state index in [1.165, 1.54) is 109 Å². The van der Waals surface area contributed by atoms with Gasteiger partial charge < -0.3 is 13.3 Å². The molecule has 3 rings (SSSR count). The van der Waals surface area contributed by atoms with Gasteiger partial charge in [0.05, 0.1) is 0 Å². The van der Waals surface area contributed by atoms with Gasteiger partial charge in [-0.25, -0.2) is 0 Å². The highest BCUT2D eigenvalue weighted by atomic mass is 28.4. The fourth-order valence-electron chi connectivity index (χ4n) is 8.28. The zero-order chi connectivity index (χ0) is 25.6. The van der Waals surface area contributed by atoms with E-state index in [2.05, 4.69) is 27.7 Å². The largest absolute Gasteiger partial charge is 0.504 e. The van der Waals surface area contributed by atoms with Gasteiger partial charge in [0.1, 0.15) is 0 Å². The van der Waals surface area contributed by atoms with Crippen LogP contribution in [0.4, 0.5) is 0 Å². The van der Waals surface area contributed by atoms with Crippen LogP contribution in [-0.4, -0.2) is 28.6 Å². The van der Waals surface area contributed by atoms with E-state index in [-0.39, 0.29) is 0 Å². The summed E-state index contributed by atoms with van der Waals surface area (Å²) in [7, 11) is -2.53. The van der Waals surface area contributed by atoms with Crippen LogP contribution in [0.2, 0.25) is 5.54 Å². The Hall–Kier alpha value is 0.0969. The van der Waals surface area contributed by atoms with E-state index in [0.717, 1.165) is 29.6 Å². The summed E-state index contributed by atoms with van der Waals surface area (Å²) >= 11 is 0. The summed E-state index contributed by atoms with van der Waals surface area (Å²) in [6, 6.07) is 0. The van der Waals surface area contributed by atoms with Crippen molar-refractivity contribution in [2.24, 2.45) is 29.6 Å². The summed E-state index contributed by atoms with van der Waals surface area (Å²) < 4.78 is 18.8. The van der Waals surface area contributed by atoms with Crippen LogP contribution in [0.25, 0.3) is 0 Å². The Bertz CT molecular complexity index is 529. The van der Waals surface area contributed by atoms with E-state index >= 15 is 0 Å². The van der Waals surface area contributed by atoms with E-state index in [0.29, 0.717) is 25.4 Å². The van der Waals surface area contributed by atoms with Crippen molar-refractivity contribution in [1.82, 2.24) is 0 Å². The van der Waals surface area contributed by atoms with Crippen molar-refractivity contribution < 1.29 is 13.3 Å². The second-order valence-electron chi connectivity index (χ2n) is 12.5. The van der Waals surface area contributed by atoms with Crippen LogP contribution in [0.5, 0.6) is 0 Å². The third-order valence-corrected chi connectivity index (χ3v) is 14.0. The standard InChI is InChI=1S/C32H62O3Si/c1-5-9-10-11-12-13-14-27-15-17-28(18-16-27)29-19-21-30(22-20-29)31-23-25-32(26-24-31)36(33-6-2,34-7-3)35-8-4/h27-32H,5-26H2,1-4H3. The average molecular weight is 523 g/mol. The Balaban J connectivity index is 1.34. The number of rotatable bonds is 16. The lowest BCUT2D eigenvalue weighted by atomic mass is 9.65. The SMILES string of the molecule is CCCCCCCCC1CCC(C2CCC(C3CCC([Si](OCC)(OCC)OCC)CC3)CC2)CC1. The summed E-state index contributed by atoms with van der Waals surface area (Å²) in [6.07, 6.45) is 27.7. The molecule has 3 nitrogen and oxygen atoms in total. The average Bonchev–Trinajstić information content (AvgIpc) is 2.92. The molecule has 0 aromatic carbocycles. The highest BCUT2D eigenvalue weighted by Gasteiger charge is 2.50. The van der Waals surface area contributed by atoms with Gasteiger partial charge >= 0.3 is 8.80 Å². The fourth-order valence-corrected chi connectivity index (χ4v) is 11.5. The maximum absolute atomic E-state index is 6.26. The summed E-state index contributed by atoms with van der Waals surface area (Å²) in [5, 5.41) is 0. The summed E-state index contributed by atoms with van der Waals surface area (Å²) in [6.45, 7) is 10.7. The molecule has 0 amide bonds. The molecule has 0 bridgehead atoms. The molecular formula is C32H62O3Si. The van der Waals surface area contributed by atoms with Crippen LogP contribution < -0.4 is 0 Å². The molecule has 3 fully saturated rings. The predicted molar refractivity (Wildman–Crippen MR) is 155 cm³/mol. The third kappa shape index (κ3) is 9.09. The van der Waals surface area contributed by atoms with Crippen LogP contribution >= 0.6 is 0 Å². The first-order chi connectivity index (χ1) is 17.7. The molecule has 212 valence electrons. The van der Waals surface area contributed by atoms with E-state index in [9.17, 15) is 0 Å². The molecular weight excluding hydrogens is 460 g/mol. The lowest BCUT2D eigenvalue weighted by Crippen LogP contribution is -2.51. The van der Waals surface area contributed by atoms with Crippen LogP contribution in [0.15, 0.2) is 0 Å². The normalized spacial score (nSPS) is 32.0. The number of unbranched alkanes of at least 4 members (excludes halogenated alkanes) is 5. The molecule has 0 spiro atoms. The van der Waals surface area contributed by atoms with Gasteiger partial charge in [0.15, 0.2) is 0 Å². The van der Waals surface area contributed by atoms with Crippen LogP contribution in [0, 0.1) is 29.6 Å². The molecule has 0 N–H and O–H groups in total. The maximum atomic E-state index is 6.26. The first kappa shape index (κ1) is 30.6. The van der Waals surface area contributed by atoms with Crippen molar-refractivity contribution in [3.63, 3.8) is 0 Å². The molecule has 3 aliphatic carbocycles. The van der Waals surface area contributed by atoms with Crippen LogP contribution in [0.1, 0.15) is 150 Å². The molecule has 0 aromatic rings. The fraction of sp³-hybridized carbons (Fsp3) is 1.00. The molecule has 3 aliphatic rings. The Morgan fingerprint density at radius 1 is 0.472 bits per heavy atom. The van der Waals surface area contributed by atoms with Crippen molar-refractivity contribution in [2.45, 2.75) is 155 Å². The van der Waals surface area contributed by atoms with Gasteiger partial charge in [-0.1, -0.05) is 64.7 Å². The zero-order valence-electron chi connectivity index (χ0n) is 24.7. The number of hydrogen-bond acceptors (Lipinski definition) is 3. The molecule has 0 aliphatic heterocycles. The minimum absolute atomic E-state index is 0.511. The second-order valence-corrected chi connectivity index (χ2v) is 15.4. The minimum Gasteiger partial charge on any atom is -0.374 e. The molecule has 4 heteroatoms.